The summed E-state index contributed by atoms with van der Waals surface area (Å²) in [5.41, 5.74) is 0.731. The Hall–Kier alpha value is -0.540. The van der Waals surface area contributed by atoms with Crippen LogP contribution in [0.1, 0.15) is 5.56 Å². The Bertz CT molecular complexity index is 228. The molecule has 0 amide bonds. The first kappa shape index (κ1) is 8.56. The van der Waals surface area contributed by atoms with E-state index in [1.807, 2.05) is 0 Å². The predicted molar refractivity (Wildman–Crippen MR) is 45.4 cm³/mol. The number of rotatable bonds is 2. The van der Waals surface area contributed by atoms with E-state index in [4.69, 9.17) is 4.74 Å². The van der Waals surface area contributed by atoms with Crippen LogP contribution in [0.15, 0.2) is 16.6 Å². The molecule has 0 aliphatic carbocycles. The highest BCUT2D eigenvalue weighted by molar-refractivity contribution is 9.10. The lowest BCUT2D eigenvalue weighted by atomic mass is 10.2. The van der Waals surface area contributed by atoms with Crippen molar-refractivity contribution in [3.8, 4) is 5.75 Å². The van der Waals surface area contributed by atoms with Gasteiger partial charge in [-0.1, -0.05) is 0 Å². The van der Waals surface area contributed by atoms with Crippen LogP contribution in [0.4, 0.5) is 0 Å². The largest absolute Gasteiger partial charge is 0.508 e. The number of halogens is 1. The maximum Gasteiger partial charge on any atom is 0.122 e. The molecule has 3 heteroatoms. The van der Waals surface area contributed by atoms with Crippen molar-refractivity contribution in [3.05, 3.63) is 28.2 Å². The number of hydrogen-bond acceptors (Lipinski definition) is 2. The smallest absolute Gasteiger partial charge is 0.122 e. The average Bonchev–Trinajstić information content (AvgIpc) is 1.97. The molecule has 0 aliphatic rings. The highest BCUT2D eigenvalue weighted by Gasteiger charge is 2.03. The maximum atomic E-state index is 9.29. The molecule has 0 spiro atoms. The van der Waals surface area contributed by atoms with Crippen molar-refractivity contribution in [2.24, 2.45) is 0 Å². The van der Waals surface area contributed by atoms with Gasteiger partial charge in [0.2, 0.25) is 0 Å². The van der Waals surface area contributed by atoms with Gasteiger partial charge in [-0.25, -0.2) is 0 Å². The molecular formula is C8H8BrO2. The summed E-state index contributed by atoms with van der Waals surface area (Å²) in [7, 11) is 1.58. The lowest BCUT2D eigenvalue weighted by molar-refractivity contribution is 0.181. The van der Waals surface area contributed by atoms with Gasteiger partial charge in [0.15, 0.2) is 0 Å². The van der Waals surface area contributed by atoms with Crippen LogP contribution in [-0.2, 0) is 11.3 Å². The van der Waals surface area contributed by atoms with E-state index in [0.717, 1.165) is 10.0 Å². The third-order valence-electron chi connectivity index (χ3n) is 1.31. The molecule has 11 heavy (non-hydrogen) atoms. The molecule has 0 saturated carbocycles. The van der Waals surface area contributed by atoms with E-state index in [2.05, 4.69) is 22.0 Å². The Morgan fingerprint density at radius 1 is 1.73 bits per heavy atom. The highest BCUT2D eigenvalue weighted by atomic mass is 79.9. The van der Waals surface area contributed by atoms with E-state index in [1.54, 1.807) is 19.2 Å². The highest BCUT2D eigenvalue weighted by Crippen LogP contribution is 2.25. The summed E-state index contributed by atoms with van der Waals surface area (Å²) in [5.74, 6) is 0.234. The third-order valence-corrected chi connectivity index (χ3v) is 2.02. The Morgan fingerprint density at radius 3 is 3.00 bits per heavy atom. The summed E-state index contributed by atoms with van der Waals surface area (Å²) < 4.78 is 5.63. The standard InChI is InChI=1S/C8H8BrO2/c1-11-5-6-7(9)3-2-4-8(6)10/h2,4,10H,5H2,1H3. The molecule has 2 nitrogen and oxygen atoms in total. The van der Waals surface area contributed by atoms with Crippen molar-refractivity contribution in [2.45, 2.75) is 6.61 Å². The fraction of sp³-hybridized carbons (Fsp3) is 0.250. The Balaban J connectivity index is 3.00. The molecule has 0 fully saturated rings. The molecule has 0 bridgehead atoms. The summed E-state index contributed by atoms with van der Waals surface area (Å²) in [4.78, 5) is 0. The van der Waals surface area contributed by atoms with E-state index in [-0.39, 0.29) is 5.75 Å². The van der Waals surface area contributed by atoms with Gasteiger partial charge < -0.3 is 9.84 Å². The van der Waals surface area contributed by atoms with E-state index >= 15 is 0 Å². The second-order valence-electron chi connectivity index (χ2n) is 2.09. The van der Waals surface area contributed by atoms with Crippen molar-refractivity contribution in [3.63, 3.8) is 0 Å². The molecule has 1 radical (unpaired) electrons. The number of phenols is 1. The fourth-order valence-electron chi connectivity index (χ4n) is 0.776. The molecule has 59 valence electrons. The minimum atomic E-state index is 0.234. The van der Waals surface area contributed by atoms with Crippen LogP contribution >= 0.6 is 15.9 Å². The van der Waals surface area contributed by atoms with Crippen molar-refractivity contribution in [1.82, 2.24) is 0 Å². The van der Waals surface area contributed by atoms with Gasteiger partial charge in [0.05, 0.1) is 6.61 Å². The van der Waals surface area contributed by atoms with Crippen LogP contribution in [-0.4, -0.2) is 12.2 Å². The first-order valence-corrected chi connectivity index (χ1v) is 3.92. The average molecular weight is 216 g/mol. The van der Waals surface area contributed by atoms with Crippen LogP contribution in [0.3, 0.4) is 0 Å². The van der Waals surface area contributed by atoms with Crippen LogP contribution < -0.4 is 0 Å². The molecule has 0 aliphatic heterocycles. The number of benzene rings is 1. The molecule has 0 atom stereocenters. The van der Waals surface area contributed by atoms with Gasteiger partial charge in [0.25, 0.3) is 0 Å². The predicted octanol–water partition coefficient (Wildman–Crippen LogP) is 2.10. The normalized spacial score (nSPS) is 10.0. The number of ether oxygens (including phenoxy) is 1. The summed E-state index contributed by atoms with van der Waals surface area (Å²) in [5, 5.41) is 9.29. The molecule has 1 aromatic carbocycles. The monoisotopic (exact) mass is 215 g/mol. The molecule has 0 heterocycles. The minimum Gasteiger partial charge on any atom is -0.508 e. The van der Waals surface area contributed by atoms with E-state index in [1.165, 1.54) is 0 Å². The molecule has 1 N–H and O–H groups in total. The molecule has 0 aromatic heterocycles. The Kier molecular flexibility index (Phi) is 2.91. The van der Waals surface area contributed by atoms with Gasteiger partial charge in [-0.3, -0.25) is 0 Å². The first-order chi connectivity index (χ1) is 5.25. The molecule has 0 unspecified atom stereocenters. The van der Waals surface area contributed by atoms with E-state index in [9.17, 15) is 5.11 Å². The maximum absolute atomic E-state index is 9.29. The van der Waals surface area contributed by atoms with Crippen LogP contribution in [0.5, 0.6) is 5.75 Å². The van der Waals surface area contributed by atoms with Gasteiger partial charge >= 0.3 is 0 Å². The molecule has 0 saturated heterocycles. The summed E-state index contributed by atoms with van der Waals surface area (Å²) in [6.45, 7) is 0.393. The fourth-order valence-corrected chi connectivity index (χ4v) is 1.23. The number of phenolic OH excluding ortho intramolecular Hbond substituents is 1. The SMILES string of the molecule is COCc1c(Br)[c]ccc1O. The summed E-state index contributed by atoms with van der Waals surface area (Å²) in [6, 6.07) is 6.14. The molecule has 1 rings (SSSR count). The van der Waals surface area contributed by atoms with E-state index < -0.39 is 0 Å². The number of hydrogen-bond donors (Lipinski definition) is 1. The topological polar surface area (TPSA) is 29.5 Å². The summed E-state index contributed by atoms with van der Waals surface area (Å²) in [6.07, 6.45) is 0. The zero-order valence-corrected chi connectivity index (χ0v) is 7.68. The molecule has 1 aromatic rings. The second kappa shape index (κ2) is 3.74. The van der Waals surface area contributed by atoms with Gasteiger partial charge in [-0.05, 0) is 34.1 Å². The molecular weight excluding hydrogens is 208 g/mol. The number of aromatic hydroxyl groups is 1. The minimum absolute atomic E-state index is 0.234. The quantitative estimate of drug-likeness (QED) is 0.820. The van der Waals surface area contributed by atoms with Gasteiger partial charge in [0.1, 0.15) is 5.75 Å². The van der Waals surface area contributed by atoms with Crippen LogP contribution in [0.2, 0.25) is 0 Å². The Labute approximate surface area is 73.9 Å². The lowest BCUT2D eigenvalue weighted by Gasteiger charge is -2.04. The van der Waals surface area contributed by atoms with Gasteiger partial charge in [0, 0.05) is 17.1 Å². The lowest BCUT2D eigenvalue weighted by Crippen LogP contribution is -1.89. The second-order valence-corrected chi connectivity index (χ2v) is 2.88. The van der Waals surface area contributed by atoms with Crippen molar-refractivity contribution >= 4 is 15.9 Å². The van der Waals surface area contributed by atoms with E-state index in [0.29, 0.717) is 6.61 Å². The van der Waals surface area contributed by atoms with Crippen LogP contribution in [0.25, 0.3) is 0 Å². The zero-order valence-electron chi connectivity index (χ0n) is 6.10. The van der Waals surface area contributed by atoms with Crippen molar-refractivity contribution in [2.75, 3.05) is 7.11 Å². The zero-order chi connectivity index (χ0) is 8.27. The van der Waals surface area contributed by atoms with Gasteiger partial charge in [-0.2, -0.15) is 0 Å². The first-order valence-electron chi connectivity index (χ1n) is 3.12. The third kappa shape index (κ3) is 1.94. The Morgan fingerprint density at radius 2 is 2.45 bits per heavy atom. The number of methoxy groups -OCH3 is 1. The van der Waals surface area contributed by atoms with Crippen molar-refractivity contribution in [1.29, 1.82) is 0 Å². The van der Waals surface area contributed by atoms with Gasteiger partial charge in [-0.15, -0.1) is 0 Å². The van der Waals surface area contributed by atoms with Crippen molar-refractivity contribution < 1.29 is 9.84 Å². The van der Waals surface area contributed by atoms with Crippen LogP contribution in [0, 0.1) is 6.07 Å². The summed E-state index contributed by atoms with van der Waals surface area (Å²) >= 11 is 3.25.